The Hall–Kier alpha value is -2.91. The highest BCUT2D eigenvalue weighted by molar-refractivity contribution is 7.22. The lowest BCUT2D eigenvalue weighted by Gasteiger charge is -2.25. The molecule has 1 aliphatic heterocycles. The Balaban J connectivity index is 1.42. The molecule has 8 nitrogen and oxygen atoms in total. The third-order valence-corrected chi connectivity index (χ3v) is 5.49. The van der Waals surface area contributed by atoms with Crippen molar-refractivity contribution in [3.05, 3.63) is 42.4 Å². The molecule has 4 rings (SSSR count). The number of carbonyl (C=O) groups is 2. The van der Waals surface area contributed by atoms with E-state index in [0.29, 0.717) is 18.9 Å². The average molecular weight is 400 g/mol. The van der Waals surface area contributed by atoms with Gasteiger partial charge in [0.25, 0.3) is 5.91 Å². The monoisotopic (exact) mass is 400 g/mol. The number of rotatable bonds is 5. The SMILES string of the molecule is CC(NC(=O)c1ccco1)C(=O)Nc1ccc2nc(N3CCOCC3)sc2c1. The van der Waals surface area contributed by atoms with E-state index in [1.165, 1.54) is 6.26 Å². The number of amides is 2. The summed E-state index contributed by atoms with van der Waals surface area (Å²) < 4.78 is 11.4. The lowest BCUT2D eigenvalue weighted by Crippen LogP contribution is -2.41. The number of furan rings is 1. The molecule has 1 aromatic carbocycles. The Morgan fingerprint density at radius 1 is 1.25 bits per heavy atom. The number of thiazole rings is 1. The summed E-state index contributed by atoms with van der Waals surface area (Å²) in [7, 11) is 0. The van der Waals surface area contributed by atoms with Gasteiger partial charge in [0.05, 0.1) is 29.7 Å². The number of nitrogens with one attached hydrogen (secondary N) is 2. The molecule has 9 heteroatoms. The van der Waals surface area contributed by atoms with Gasteiger partial charge in [-0.05, 0) is 37.3 Å². The summed E-state index contributed by atoms with van der Waals surface area (Å²) >= 11 is 1.59. The highest BCUT2D eigenvalue weighted by Crippen LogP contribution is 2.31. The minimum atomic E-state index is -0.710. The fraction of sp³-hybridized carbons (Fsp3) is 0.316. The largest absolute Gasteiger partial charge is 0.459 e. The lowest BCUT2D eigenvalue weighted by atomic mass is 10.2. The van der Waals surface area contributed by atoms with Gasteiger partial charge in [0.1, 0.15) is 6.04 Å². The van der Waals surface area contributed by atoms with Crippen molar-refractivity contribution in [2.45, 2.75) is 13.0 Å². The van der Waals surface area contributed by atoms with E-state index in [-0.39, 0.29) is 11.7 Å². The molecule has 0 spiro atoms. The van der Waals surface area contributed by atoms with Crippen LogP contribution in [0.15, 0.2) is 41.0 Å². The summed E-state index contributed by atoms with van der Waals surface area (Å²) in [5.41, 5.74) is 1.55. The van der Waals surface area contributed by atoms with E-state index in [1.807, 2.05) is 18.2 Å². The number of hydrogen-bond donors (Lipinski definition) is 2. The molecule has 0 bridgehead atoms. The van der Waals surface area contributed by atoms with E-state index in [0.717, 1.165) is 28.4 Å². The maximum absolute atomic E-state index is 12.4. The molecule has 0 radical (unpaired) electrons. The predicted molar refractivity (Wildman–Crippen MR) is 107 cm³/mol. The molecule has 1 fully saturated rings. The van der Waals surface area contributed by atoms with E-state index >= 15 is 0 Å². The van der Waals surface area contributed by atoms with Gasteiger partial charge in [0.2, 0.25) is 5.91 Å². The van der Waals surface area contributed by atoms with Crippen LogP contribution in [0, 0.1) is 0 Å². The minimum absolute atomic E-state index is 0.168. The molecule has 2 amide bonds. The molecule has 1 aliphatic rings. The normalized spacial score (nSPS) is 15.4. The van der Waals surface area contributed by atoms with E-state index < -0.39 is 11.9 Å². The van der Waals surface area contributed by atoms with Crippen molar-refractivity contribution in [3.63, 3.8) is 0 Å². The summed E-state index contributed by atoms with van der Waals surface area (Å²) in [6.45, 7) is 4.70. The zero-order valence-electron chi connectivity index (χ0n) is 15.3. The summed E-state index contributed by atoms with van der Waals surface area (Å²) in [4.78, 5) is 31.3. The quantitative estimate of drug-likeness (QED) is 0.683. The smallest absolute Gasteiger partial charge is 0.287 e. The van der Waals surface area contributed by atoms with Gasteiger partial charge in [0, 0.05) is 18.8 Å². The first kappa shape index (κ1) is 18.5. The maximum Gasteiger partial charge on any atom is 0.287 e. The van der Waals surface area contributed by atoms with Crippen molar-refractivity contribution < 1.29 is 18.7 Å². The van der Waals surface area contributed by atoms with Gasteiger partial charge in [-0.2, -0.15) is 0 Å². The Morgan fingerprint density at radius 2 is 2.07 bits per heavy atom. The molecule has 1 unspecified atom stereocenters. The molecule has 28 heavy (non-hydrogen) atoms. The molecule has 3 heterocycles. The van der Waals surface area contributed by atoms with Crippen LogP contribution >= 0.6 is 11.3 Å². The first-order valence-corrected chi connectivity index (χ1v) is 9.80. The van der Waals surface area contributed by atoms with Crippen LogP contribution in [0.1, 0.15) is 17.5 Å². The van der Waals surface area contributed by atoms with Gasteiger partial charge in [-0.15, -0.1) is 0 Å². The third-order valence-electron chi connectivity index (χ3n) is 4.41. The Kier molecular flexibility index (Phi) is 5.27. The molecule has 0 saturated carbocycles. The molecule has 146 valence electrons. The molecule has 3 aromatic rings. The third kappa shape index (κ3) is 4.00. The first-order valence-electron chi connectivity index (χ1n) is 8.99. The summed E-state index contributed by atoms with van der Waals surface area (Å²) in [6.07, 6.45) is 1.41. The van der Waals surface area contributed by atoms with Gasteiger partial charge in [-0.1, -0.05) is 11.3 Å². The van der Waals surface area contributed by atoms with Crippen LogP contribution < -0.4 is 15.5 Å². The number of aromatic nitrogens is 1. The topological polar surface area (TPSA) is 96.7 Å². The highest BCUT2D eigenvalue weighted by atomic mass is 32.1. The zero-order valence-corrected chi connectivity index (χ0v) is 16.1. The lowest BCUT2D eigenvalue weighted by molar-refractivity contribution is -0.117. The van der Waals surface area contributed by atoms with Crippen LogP contribution in [0.2, 0.25) is 0 Å². The van der Waals surface area contributed by atoms with Gasteiger partial charge >= 0.3 is 0 Å². The predicted octanol–water partition coefficient (Wildman–Crippen LogP) is 2.48. The summed E-state index contributed by atoms with van der Waals surface area (Å²) in [5.74, 6) is -0.570. The summed E-state index contributed by atoms with van der Waals surface area (Å²) in [6, 6.07) is 8.05. The number of ether oxygens (including phenoxy) is 1. The molecular weight excluding hydrogens is 380 g/mol. The number of fused-ring (bicyclic) bond motifs is 1. The number of morpholine rings is 1. The zero-order chi connectivity index (χ0) is 19.5. The number of nitrogens with zero attached hydrogens (tertiary/aromatic N) is 2. The standard InChI is InChI=1S/C19H20N4O4S/c1-12(20-18(25)15-3-2-8-27-15)17(24)21-13-4-5-14-16(11-13)28-19(22-14)23-6-9-26-10-7-23/h2-5,8,11-12H,6-7,9-10H2,1H3,(H,20,25)(H,21,24). The molecule has 1 atom stereocenters. The highest BCUT2D eigenvalue weighted by Gasteiger charge is 2.19. The Labute approximate surface area is 165 Å². The van der Waals surface area contributed by atoms with E-state index in [9.17, 15) is 9.59 Å². The minimum Gasteiger partial charge on any atom is -0.459 e. The molecular formula is C19H20N4O4S. The van der Waals surface area contributed by atoms with E-state index in [1.54, 1.807) is 30.4 Å². The molecule has 0 aliphatic carbocycles. The van der Waals surface area contributed by atoms with Crippen LogP contribution in [0.3, 0.4) is 0 Å². The second-order valence-corrected chi connectivity index (χ2v) is 7.45. The summed E-state index contributed by atoms with van der Waals surface area (Å²) in [5, 5.41) is 6.41. The van der Waals surface area contributed by atoms with Crippen LogP contribution in [0.25, 0.3) is 10.2 Å². The van der Waals surface area contributed by atoms with Crippen molar-refractivity contribution in [1.82, 2.24) is 10.3 Å². The van der Waals surface area contributed by atoms with E-state index in [2.05, 4.69) is 20.5 Å². The van der Waals surface area contributed by atoms with Crippen LogP contribution in [0.4, 0.5) is 10.8 Å². The molecule has 1 saturated heterocycles. The maximum atomic E-state index is 12.4. The molecule has 2 aromatic heterocycles. The van der Waals surface area contributed by atoms with Crippen molar-refractivity contribution in [1.29, 1.82) is 0 Å². The second kappa shape index (κ2) is 7.99. The Bertz CT molecular complexity index is 979. The van der Waals surface area contributed by atoms with Crippen molar-refractivity contribution >= 4 is 44.2 Å². The Morgan fingerprint density at radius 3 is 2.82 bits per heavy atom. The number of anilines is 2. The molecule has 2 N–H and O–H groups in total. The van der Waals surface area contributed by atoms with Crippen LogP contribution in [-0.2, 0) is 9.53 Å². The average Bonchev–Trinajstić information content (AvgIpc) is 3.38. The van der Waals surface area contributed by atoms with Gasteiger partial charge in [-0.3, -0.25) is 9.59 Å². The van der Waals surface area contributed by atoms with Crippen molar-refractivity contribution in [2.75, 3.05) is 36.5 Å². The fourth-order valence-corrected chi connectivity index (χ4v) is 3.93. The van der Waals surface area contributed by atoms with Crippen molar-refractivity contribution in [3.8, 4) is 0 Å². The van der Waals surface area contributed by atoms with Gasteiger partial charge in [-0.25, -0.2) is 4.98 Å². The second-order valence-electron chi connectivity index (χ2n) is 6.44. The first-order chi connectivity index (χ1) is 13.6. The number of carbonyl (C=O) groups excluding carboxylic acids is 2. The van der Waals surface area contributed by atoms with Crippen LogP contribution in [0.5, 0.6) is 0 Å². The fourth-order valence-electron chi connectivity index (χ4n) is 2.87. The van der Waals surface area contributed by atoms with Crippen LogP contribution in [-0.4, -0.2) is 49.1 Å². The van der Waals surface area contributed by atoms with E-state index in [4.69, 9.17) is 9.15 Å². The van der Waals surface area contributed by atoms with Gasteiger partial charge in [0.15, 0.2) is 10.9 Å². The number of benzene rings is 1. The van der Waals surface area contributed by atoms with Gasteiger partial charge < -0.3 is 24.7 Å². The number of hydrogen-bond acceptors (Lipinski definition) is 7. The van der Waals surface area contributed by atoms with Crippen molar-refractivity contribution in [2.24, 2.45) is 0 Å².